The largest absolute Gasteiger partial charge is 2.00 e. The molecule has 21 heavy (non-hydrogen) atoms. The van der Waals surface area contributed by atoms with Gasteiger partial charge in [-0.3, -0.25) is 0 Å². The fraction of sp³-hybridized carbons (Fsp3) is 0.250. The first-order chi connectivity index (χ1) is 9.81. The van der Waals surface area contributed by atoms with Gasteiger partial charge in [0.15, 0.2) is 0 Å². The van der Waals surface area contributed by atoms with Crippen molar-refractivity contribution in [3.8, 4) is 0 Å². The molecule has 112 valence electrons. The Kier molecular flexibility index (Phi) is 8.57. The molecule has 3 aromatic rings. The second kappa shape index (κ2) is 9.92. The van der Waals surface area contributed by atoms with E-state index in [1.165, 1.54) is 5.56 Å². The molecule has 1 heterocycles. The molecule has 0 N–H and O–H groups in total. The Balaban J connectivity index is 0.000000313. The van der Waals surface area contributed by atoms with E-state index in [0.29, 0.717) is 0 Å². The van der Waals surface area contributed by atoms with Crippen molar-refractivity contribution in [1.29, 1.82) is 0 Å². The van der Waals surface area contributed by atoms with Crippen LogP contribution in [0.3, 0.4) is 0 Å². The van der Waals surface area contributed by atoms with Gasteiger partial charge >= 0.3 is 17.1 Å². The van der Waals surface area contributed by atoms with E-state index < -0.39 is 0 Å². The summed E-state index contributed by atoms with van der Waals surface area (Å²) in [7, 11) is 0. The molecule has 2 aromatic carbocycles. The van der Waals surface area contributed by atoms with Crippen LogP contribution in [-0.2, 0) is 30.0 Å². The van der Waals surface area contributed by atoms with Gasteiger partial charge < -0.3 is 0 Å². The molecule has 0 saturated carbocycles. The molecule has 0 amide bonds. The number of aromatic nitrogens is 3. The van der Waals surface area contributed by atoms with Crippen LogP contribution in [0.1, 0.15) is 24.6 Å². The van der Waals surface area contributed by atoms with Gasteiger partial charge in [-0.25, -0.2) is 28.9 Å². The first-order valence-corrected chi connectivity index (χ1v) is 7.84. The third-order valence-corrected chi connectivity index (χ3v) is 4.02. The summed E-state index contributed by atoms with van der Waals surface area (Å²) >= 11 is 2.32. The smallest absolute Gasteiger partial charge is 0.246 e. The number of rotatable bonds is 4. The molecule has 0 aliphatic carbocycles. The second-order valence-corrected chi connectivity index (χ2v) is 5.51. The normalized spacial score (nSPS) is 9.62. The third-order valence-electron chi connectivity index (χ3n) is 2.84. The average molecular weight is 435 g/mol. The minimum absolute atomic E-state index is 0. The maximum atomic E-state index is 4.19. The Morgan fingerprint density at radius 2 is 1.86 bits per heavy atom. The van der Waals surface area contributed by atoms with Crippen LogP contribution < -0.4 is 0 Å². The van der Waals surface area contributed by atoms with Crippen molar-refractivity contribution in [2.75, 3.05) is 0 Å². The summed E-state index contributed by atoms with van der Waals surface area (Å²) in [6.45, 7) is 2.98. The summed E-state index contributed by atoms with van der Waals surface area (Å²) in [6.07, 6.45) is 2.13. The Morgan fingerprint density at radius 3 is 2.38 bits per heavy atom. The summed E-state index contributed by atoms with van der Waals surface area (Å²) in [5.74, 6) is 0. The number of aryl methyl sites for hydroxylation is 1. The Morgan fingerprint density at radius 1 is 1.19 bits per heavy atom. The van der Waals surface area contributed by atoms with Crippen molar-refractivity contribution >= 4 is 22.6 Å². The molecular formula is C16H18FeIN3. The number of halogens is 1. The molecule has 0 bridgehead atoms. The van der Waals surface area contributed by atoms with Gasteiger partial charge in [0.25, 0.3) is 0 Å². The van der Waals surface area contributed by atoms with Crippen LogP contribution in [0, 0.1) is 3.70 Å². The van der Waals surface area contributed by atoms with E-state index in [1.54, 1.807) is 0 Å². The summed E-state index contributed by atoms with van der Waals surface area (Å²) in [6, 6.07) is 18.3. The summed E-state index contributed by atoms with van der Waals surface area (Å²) in [5.41, 5.74) is 2.39. The number of nitrogens with zero attached hydrogens (tertiary/aromatic N) is 3. The van der Waals surface area contributed by atoms with Crippen molar-refractivity contribution in [1.82, 2.24) is 15.0 Å². The van der Waals surface area contributed by atoms with Gasteiger partial charge in [-0.1, -0.05) is 18.6 Å². The Labute approximate surface area is 150 Å². The van der Waals surface area contributed by atoms with Crippen LogP contribution in [0.15, 0.2) is 54.6 Å². The SMILES string of the molecule is CCCc1nnn(C[c-]2cccc2)c1I.[Fe+2].c1cc[cH-]c1. The maximum Gasteiger partial charge on any atom is 2.00 e. The summed E-state index contributed by atoms with van der Waals surface area (Å²) < 4.78 is 3.12. The van der Waals surface area contributed by atoms with Gasteiger partial charge in [-0.2, -0.15) is 30.3 Å². The van der Waals surface area contributed by atoms with Gasteiger partial charge in [0, 0.05) is 6.54 Å². The monoisotopic (exact) mass is 435 g/mol. The standard InChI is InChI=1S/C11H13IN3.C5H5.Fe/c1-2-5-10-11(12)15(14-13-10)8-9-6-3-4-7-9;1-2-4-5-3-1;/h3-4,6-7H,2,5,8H2,1H3;1-5H;/q2*-1;+2. The van der Waals surface area contributed by atoms with Crippen molar-refractivity contribution in [2.45, 2.75) is 26.3 Å². The molecule has 0 unspecified atom stereocenters. The minimum atomic E-state index is 0. The van der Waals surface area contributed by atoms with E-state index in [1.807, 2.05) is 47.1 Å². The van der Waals surface area contributed by atoms with E-state index in [0.717, 1.165) is 28.8 Å². The molecule has 3 rings (SSSR count). The van der Waals surface area contributed by atoms with Gasteiger partial charge in [-0.05, 0) is 29.0 Å². The van der Waals surface area contributed by atoms with Gasteiger partial charge in [0.1, 0.15) is 3.70 Å². The molecule has 0 atom stereocenters. The molecule has 0 aliphatic heterocycles. The molecule has 0 saturated heterocycles. The van der Waals surface area contributed by atoms with E-state index in [-0.39, 0.29) is 17.1 Å². The molecule has 3 nitrogen and oxygen atoms in total. The Bertz CT molecular complexity index is 568. The van der Waals surface area contributed by atoms with Crippen LogP contribution in [0.25, 0.3) is 0 Å². The number of hydrogen-bond donors (Lipinski definition) is 0. The van der Waals surface area contributed by atoms with Crippen molar-refractivity contribution in [3.63, 3.8) is 0 Å². The predicted molar refractivity (Wildman–Crippen MR) is 89.9 cm³/mol. The number of hydrogen-bond acceptors (Lipinski definition) is 2. The first-order valence-electron chi connectivity index (χ1n) is 6.76. The first kappa shape index (κ1) is 18.1. The zero-order valence-corrected chi connectivity index (χ0v) is 15.2. The van der Waals surface area contributed by atoms with Crippen LogP contribution in [0.2, 0.25) is 0 Å². The van der Waals surface area contributed by atoms with Crippen molar-refractivity contribution in [2.24, 2.45) is 0 Å². The maximum absolute atomic E-state index is 4.19. The fourth-order valence-electron chi connectivity index (χ4n) is 1.84. The van der Waals surface area contributed by atoms with Crippen LogP contribution in [0.5, 0.6) is 0 Å². The van der Waals surface area contributed by atoms with Gasteiger partial charge in [0.2, 0.25) is 0 Å². The van der Waals surface area contributed by atoms with Crippen LogP contribution in [-0.4, -0.2) is 15.0 Å². The van der Waals surface area contributed by atoms with Gasteiger partial charge in [0.05, 0.1) is 5.69 Å². The van der Waals surface area contributed by atoms with E-state index in [2.05, 4.69) is 52.0 Å². The van der Waals surface area contributed by atoms with E-state index in [4.69, 9.17) is 0 Å². The molecule has 0 fully saturated rings. The molecule has 0 aliphatic rings. The average Bonchev–Trinajstić information content (AvgIpc) is 3.19. The van der Waals surface area contributed by atoms with Crippen LogP contribution in [0.4, 0.5) is 0 Å². The Hall–Kier alpha value is -0.911. The van der Waals surface area contributed by atoms with Crippen molar-refractivity contribution in [3.05, 3.63) is 69.6 Å². The van der Waals surface area contributed by atoms with E-state index >= 15 is 0 Å². The minimum Gasteiger partial charge on any atom is -0.246 e. The molecule has 1 aromatic heterocycles. The summed E-state index contributed by atoms with van der Waals surface area (Å²) in [5, 5.41) is 8.36. The van der Waals surface area contributed by atoms with Crippen LogP contribution >= 0.6 is 22.6 Å². The summed E-state index contributed by atoms with van der Waals surface area (Å²) in [4.78, 5) is 0. The molecule has 0 radical (unpaired) electrons. The predicted octanol–water partition coefficient (Wildman–Crippen LogP) is 4.01. The molecule has 5 heteroatoms. The van der Waals surface area contributed by atoms with E-state index in [9.17, 15) is 0 Å². The third kappa shape index (κ3) is 5.77. The quantitative estimate of drug-likeness (QED) is 0.353. The zero-order chi connectivity index (χ0) is 14.2. The van der Waals surface area contributed by atoms with Gasteiger partial charge in [-0.15, -0.1) is 10.7 Å². The molecular weight excluding hydrogens is 417 g/mol. The molecule has 0 spiro atoms. The zero-order valence-electron chi connectivity index (χ0n) is 11.9. The second-order valence-electron chi connectivity index (χ2n) is 4.49. The van der Waals surface area contributed by atoms with Crippen molar-refractivity contribution < 1.29 is 17.1 Å². The topological polar surface area (TPSA) is 30.7 Å². The fourth-order valence-corrected chi connectivity index (χ4v) is 2.49.